The lowest BCUT2D eigenvalue weighted by Crippen LogP contribution is -2.21. The minimum atomic E-state index is 0.552. The smallest absolute Gasteiger partial charge is 0.0739 e. The standard InChI is InChI=1S/C14H21ClN2/c15-12-9-6-10-13(14(12)16)17-11-7-4-2-1-3-5-8-11/h6,9-11,17H,1-5,7-8,16H2. The second-order valence-electron chi connectivity index (χ2n) is 4.89. The molecule has 0 spiro atoms. The summed E-state index contributed by atoms with van der Waals surface area (Å²) in [5.41, 5.74) is 7.64. The summed E-state index contributed by atoms with van der Waals surface area (Å²) in [6.07, 6.45) is 9.24. The van der Waals surface area contributed by atoms with Gasteiger partial charge < -0.3 is 11.1 Å². The van der Waals surface area contributed by atoms with Crippen molar-refractivity contribution in [1.82, 2.24) is 0 Å². The van der Waals surface area contributed by atoms with Gasteiger partial charge in [0.1, 0.15) is 0 Å². The first-order chi connectivity index (χ1) is 8.27. The summed E-state index contributed by atoms with van der Waals surface area (Å²) in [6.45, 7) is 0. The number of para-hydroxylation sites is 1. The number of anilines is 2. The third kappa shape index (κ3) is 3.53. The number of halogens is 1. The number of hydrogen-bond acceptors (Lipinski definition) is 2. The molecule has 3 heteroatoms. The predicted octanol–water partition coefficient (Wildman–Crippen LogP) is 4.45. The van der Waals surface area contributed by atoms with E-state index in [1.54, 1.807) is 0 Å². The number of nitrogens with one attached hydrogen (secondary N) is 1. The van der Waals surface area contributed by atoms with E-state index in [1.165, 1.54) is 44.9 Å². The average Bonchev–Trinajstić information content (AvgIpc) is 2.28. The van der Waals surface area contributed by atoms with Crippen LogP contribution in [0.2, 0.25) is 5.02 Å². The van der Waals surface area contributed by atoms with Gasteiger partial charge in [0.2, 0.25) is 0 Å². The van der Waals surface area contributed by atoms with Crippen molar-refractivity contribution in [3.63, 3.8) is 0 Å². The van der Waals surface area contributed by atoms with Gasteiger partial charge in [0, 0.05) is 6.04 Å². The highest BCUT2D eigenvalue weighted by atomic mass is 35.5. The molecule has 3 N–H and O–H groups in total. The van der Waals surface area contributed by atoms with Crippen LogP contribution in [0, 0.1) is 0 Å². The van der Waals surface area contributed by atoms with Crippen molar-refractivity contribution in [3.05, 3.63) is 23.2 Å². The monoisotopic (exact) mass is 252 g/mol. The van der Waals surface area contributed by atoms with Crippen LogP contribution in [0.4, 0.5) is 11.4 Å². The number of benzene rings is 1. The summed E-state index contributed by atoms with van der Waals surface area (Å²) >= 11 is 6.02. The molecule has 0 radical (unpaired) electrons. The molecule has 0 atom stereocenters. The van der Waals surface area contributed by atoms with E-state index in [0.29, 0.717) is 16.8 Å². The van der Waals surface area contributed by atoms with E-state index in [0.717, 1.165) is 5.69 Å². The van der Waals surface area contributed by atoms with Crippen molar-refractivity contribution in [2.75, 3.05) is 11.1 Å². The summed E-state index contributed by atoms with van der Waals surface area (Å²) < 4.78 is 0. The normalized spacial score (nSPS) is 18.4. The molecular formula is C14H21ClN2. The maximum Gasteiger partial charge on any atom is 0.0739 e. The topological polar surface area (TPSA) is 38.0 Å². The number of hydrogen-bond donors (Lipinski definition) is 2. The Kier molecular flexibility index (Phi) is 4.55. The number of nitrogen functional groups attached to an aromatic ring is 1. The first-order valence-corrected chi connectivity index (χ1v) is 6.95. The molecule has 0 saturated heterocycles. The Morgan fingerprint density at radius 1 is 1.06 bits per heavy atom. The fraction of sp³-hybridized carbons (Fsp3) is 0.571. The molecule has 1 aliphatic carbocycles. The van der Waals surface area contributed by atoms with Gasteiger partial charge in [-0.05, 0) is 25.0 Å². The van der Waals surface area contributed by atoms with Crippen molar-refractivity contribution >= 4 is 23.0 Å². The molecule has 1 saturated carbocycles. The van der Waals surface area contributed by atoms with Crippen LogP contribution < -0.4 is 11.1 Å². The van der Waals surface area contributed by atoms with Crippen LogP contribution in [0.5, 0.6) is 0 Å². The zero-order valence-corrected chi connectivity index (χ0v) is 11.0. The third-order valence-electron chi connectivity index (χ3n) is 3.52. The van der Waals surface area contributed by atoms with E-state index in [1.807, 2.05) is 18.2 Å². The van der Waals surface area contributed by atoms with Gasteiger partial charge in [-0.2, -0.15) is 0 Å². The van der Waals surface area contributed by atoms with Gasteiger partial charge in [-0.25, -0.2) is 0 Å². The zero-order chi connectivity index (χ0) is 12.1. The van der Waals surface area contributed by atoms with E-state index in [-0.39, 0.29) is 0 Å². The SMILES string of the molecule is Nc1c(Cl)cccc1NC1CCCCCCC1. The highest BCUT2D eigenvalue weighted by Crippen LogP contribution is 2.29. The van der Waals surface area contributed by atoms with Crippen LogP contribution in [-0.4, -0.2) is 6.04 Å². The third-order valence-corrected chi connectivity index (χ3v) is 3.85. The van der Waals surface area contributed by atoms with Crippen molar-refractivity contribution in [1.29, 1.82) is 0 Å². The quantitative estimate of drug-likeness (QED) is 0.764. The summed E-state index contributed by atoms with van der Waals surface area (Å²) in [6, 6.07) is 6.35. The van der Waals surface area contributed by atoms with Crippen LogP contribution in [0.25, 0.3) is 0 Å². The van der Waals surface area contributed by atoms with E-state index in [9.17, 15) is 0 Å². The number of rotatable bonds is 2. The van der Waals surface area contributed by atoms with Crippen LogP contribution in [0.15, 0.2) is 18.2 Å². The lowest BCUT2D eigenvalue weighted by Gasteiger charge is -2.23. The Bertz CT molecular complexity index is 357. The van der Waals surface area contributed by atoms with Crippen molar-refractivity contribution in [2.45, 2.75) is 51.0 Å². The van der Waals surface area contributed by atoms with Crippen LogP contribution in [-0.2, 0) is 0 Å². The summed E-state index contributed by atoms with van der Waals surface area (Å²) in [5, 5.41) is 4.19. The molecule has 0 amide bonds. The van der Waals surface area contributed by atoms with E-state index >= 15 is 0 Å². The van der Waals surface area contributed by atoms with Gasteiger partial charge in [-0.3, -0.25) is 0 Å². The largest absolute Gasteiger partial charge is 0.396 e. The van der Waals surface area contributed by atoms with E-state index in [2.05, 4.69) is 5.32 Å². The fourth-order valence-electron chi connectivity index (χ4n) is 2.48. The molecule has 1 fully saturated rings. The Balaban J connectivity index is 2.00. The number of nitrogens with two attached hydrogens (primary N) is 1. The van der Waals surface area contributed by atoms with Gasteiger partial charge in [-0.1, -0.05) is 49.8 Å². The molecule has 2 rings (SSSR count). The second-order valence-corrected chi connectivity index (χ2v) is 5.29. The van der Waals surface area contributed by atoms with Crippen molar-refractivity contribution in [2.24, 2.45) is 0 Å². The Morgan fingerprint density at radius 3 is 2.41 bits per heavy atom. The highest BCUT2D eigenvalue weighted by Gasteiger charge is 2.12. The molecule has 0 unspecified atom stereocenters. The first-order valence-electron chi connectivity index (χ1n) is 6.58. The van der Waals surface area contributed by atoms with Crippen LogP contribution in [0.3, 0.4) is 0 Å². The molecule has 1 aliphatic rings. The molecule has 0 aromatic heterocycles. The maximum atomic E-state index is 6.02. The molecule has 0 heterocycles. The molecule has 1 aromatic carbocycles. The minimum absolute atomic E-state index is 0.552. The van der Waals surface area contributed by atoms with Crippen LogP contribution in [0.1, 0.15) is 44.9 Å². The fourth-order valence-corrected chi connectivity index (χ4v) is 2.66. The Hall–Kier alpha value is -0.890. The maximum absolute atomic E-state index is 6.02. The Labute approximate surface area is 109 Å². The molecule has 0 aliphatic heterocycles. The summed E-state index contributed by atoms with van der Waals surface area (Å²) in [7, 11) is 0. The zero-order valence-electron chi connectivity index (χ0n) is 10.2. The van der Waals surface area contributed by atoms with Gasteiger partial charge in [0.05, 0.1) is 16.4 Å². The van der Waals surface area contributed by atoms with Crippen molar-refractivity contribution < 1.29 is 0 Å². The highest BCUT2D eigenvalue weighted by molar-refractivity contribution is 6.33. The van der Waals surface area contributed by atoms with Gasteiger partial charge in [-0.15, -0.1) is 0 Å². The van der Waals surface area contributed by atoms with Gasteiger partial charge in [0.15, 0.2) is 0 Å². The first kappa shape index (κ1) is 12.6. The van der Waals surface area contributed by atoms with Gasteiger partial charge in [0.25, 0.3) is 0 Å². The summed E-state index contributed by atoms with van der Waals surface area (Å²) in [5.74, 6) is 0. The minimum Gasteiger partial charge on any atom is -0.396 e. The second kappa shape index (κ2) is 6.15. The van der Waals surface area contributed by atoms with E-state index < -0.39 is 0 Å². The van der Waals surface area contributed by atoms with E-state index in [4.69, 9.17) is 17.3 Å². The summed E-state index contributed by atoms with van der Waals surface area (Å²) in [4.78, 5) is 0. The molecule has 0 bridgehead atoms. The predicted molar refractivity (Wildman–Crippen MR) is 75.6 cm³/mol. The molecular weight excluding hydrogens is 232 g/mol. The Morgan fingerprint density at radius 2 is 1.71 bits per heavy atom. The molecule has 2 nitrogen and oxygen atoms in total. The van der Waals surface area contributed by atoms with Gasteiger partial charge >= 0.3 is 0 Å². The average molecular weight is 253 g/mol. The molecule has 17 heavy (non-hydrogen) atoms. The molecule has 1 aromatic rings. The lowest BCUT2D eigenvalue weighted by atomic mass is 9.96. The molecule has 94 valence electrons. The van der Waals surface area contributed by atoms with Crippen LogP contribution >= 0.6 is 11.6 Å². The lowest BCUT2D eigenvalue weighted by molar-refractivity contribution is 0.471. The van der Waals surface area contributed by atoms with Crippen molar-refractivity contribution in [3.8, 4) is 0 Å².